The highest BCUT2D eigenvalue weighted by atomic mass is 16.5. The van der Waals surface area contributed by atoms with E-state index in [9.17, 15) is 14.4 Å². The summed E-state index contributed by atoms with van der Waals surface area (Å²) in [5.41, 5.74) is 0.802. The largest absolute Gasteiger partial charge is 0.497 e. The van der Waals surface area contributed by atoms with E-state index in [1.54, 1.807) is 37.5 Å². The highest BCUT2D eigenvalue weighted by molar-refractivity contribution is 5.94. The molecule has 0 heterocycles. The van der Waals surface area contributed by atoms with E-state index in [1.165, 1.54) is 13.0 Å². The first-order valence-corrected chi connectivity index (χ1v) is 7.45. The minimum absolute atomic E-state index is 0.0544. The second kappa shape index (κ2) is 10.5. The molecule has 0 radical (unpaired) electrons. The molecule has 1 rings (SSSR count). The van der Waals surface area contributed by atoms with E-state index in [2.05, 4.69) is 16.6 Å². The van der Waals surface area contributed by atoms with Gasteiger partial charge in [-0.05, 0) is 30.7 Å². The first-order chi connectivity index (χ1) is 12.0. The van der Waals surface area contributed by atoms with Crippen LogP contribution in [-0.2, 0) is 19.1 Å². The zero-order valence-electron chi connectivity index (χ0n) is 14.1. The lowest BCUT2D eigenvalue weighted by atomic mass is 10.2. The van der Waals surface area contributed by atoms with Crippen LogP contribution in [0, 0.1) is 12.3 Å². The van der Waals surface area contributed by atoms with Crippen LogP contribution in [0.15, 0.2) is 30.3 Å². The van der Waals surface area contributed by atoms with Crippen LogP contribution in [0.1, 0.15) is 12.5 Å². The van der Waals surface area contributed by atoms with Crippen molar-refractivity contribution in [3.8, 4) is 18.1 Å². The number of hydrogen-bond acceptors (Lipinski definition) is 5. The minimum Gasteiger partial charge on any atom is -0.497 e. The van der Waals surface area contributed by atoms with Gasteiger partial charge in [0.05, 0.1) is 13.7 Å². The number of carbonyl (C=O) groups is 3. The molecule has 1 aromatic rings. The number of esters is 1. The lowest BCUT2D eigenvalue weighted by molar-refractivity contribution is -0.150. The number of carbonyl (C=O) groups excluding carboxylic acids is 3. The Hall–Kier alpha value is -3.27. The number of amides is 2. The Balaban J connectivity index is 2.41. The maximum atomic E-state index is 11.8. The van der Waals surface area contributed by atoms with Gasteiger partial charge >= 0.3 is 5.97 Å². The number of rotatable bonds is 8. The molecule has 0 spiro atoms. The van der Waals surface area contributed by atoms with Crippen molar-refractivity contribution in [1.82, 2.24) is 10.6 Å². The van der Waals surface area contributed by atoms with Gasteiger partial charge in [-0.2, -0.15) is 0 Å². The van der Waals surface area contributed by atoms with Gasteiger partial charge in [0, 0.05) is 6.08 Å². The predicted molar refractivity (Wildman–Crippen MR) is 92.4 cm³/mol. The van der Waals surface area contributed by atoms with Crippen LogP contribution >= 0.6 is 0 Å². The first kappa shape index (κ1) is 19.8. The third-order valence-electron chi connectivity index (χ3n) is 2.99. The van der Waals surface area contributed by atoms with E-state index in [1.807, 2.05) is 0 Å². The Morgan fingerprint density at radius 3 is 2.56 bits per heavy atom. The molecular formula is C18H20N2O5. The van der Waals surface area contributed by atoms with Gasteiger partial charge in [0.2, 0.25) is 5.91 Å². The molecule has 7 heteroatoms. The van der Waals surface area contributed by atoms with Crippen LogP contribution in [0.25, 0.3) is 6.08 Å². The third kappa shape index (κ3) is 7.70. The van der Waals surface area contributed by atoms with E-state index in [0.717, 1.165) is 5.56 Å². The zero-order chi connectivity index (χ0) is 18.7. The summed E-state index contributed by atoms with van der Waals surface area (Å²) in [4.78, 5) is 34.8. The maximum absolute atomic E-state index is 11.8. The molecule has 2 N–H and O–H groups in total. The molecule has 0 aliphatic rings. The van der Waals surface area contributed by atoms with Crippen molar-refractivity contribution in [3.05, 3.63) is 35.9 Å². The third-order valence-corrected chi connectivity index (χ3v) is 2.99. The SMILES string of the molecule is C#CCNC(=O)COC(=O)[C@H](C)NC(=O)/C=C/c1ccc(OC)cc1. The second-order valence-electron chi connectivity index (χ2n) is 4.93. The van der Waals surface area contributed by atoms with Crippen molar-refractivity contribution >= 4 is 23.9 Å². The predicted octanol–water partition coefficient (Wildman–Crippen LogP) is 0.506. The van der Waals surface area contributed by atoms with Crippen LogP contribution < -0.4 is 15.4 Å². The van der Waals surface area contributed by atoms with Crippen molar-refractivity contribution in [1.29, 1.82) is 0 Å². The quantitative estimate of drug-likeness (QED) is 0.407. The molecule has 0 fully saturated rings. The molecular weight excluding hydrogens is 324 g/mol. The summed E-state index contributed by atoms with van der Waals surface area (Å²) in [5, 5.41) is 4.80. The molecule has 0 bridgehead atoms. The van der Waals surface area contributed by atoms with Gasteiger partial charge in [-0.1, -0.05) is 18.1 Å². The second-order valence-corrected chi connectivity index (χ2v) is 4.93. The standard InChI is InChI=1S/C18H20N2O5/c1-4-11-19-17(22)12-25-18(23)13(2)20-16(21)10-7-14-5-8-15(24-3)9-6-14/h1,5-10,13H,11-12H2,2-3H3,(H,19,22)(H,20,21)/b10-7+/t13-/m0/s1. The fourth-order valence-electron chi connectivity index (χ4n) is 1.67. The molecule has 0 aliphatic heterocycles. The molecule has 0 unspecified atom stereocenters. The van der Waals surface area contributed by atoms with Gasteiger partial charge in [-0.15, -0.1) is 6.42 Å². The van der Waals surface area contributed by atoms with E-state index >= 15 is 0 Å². The van der Waals surface area contributed by atoms with E-state index in [4.69, 9.17) is 15.9 Å². The molecule has 0 saturated carbocycles. The molecule has 25 heavy (non-hydrogen) atoms. The van der Waals surface area contributed by atoms with Gasteiger partial charge in [-0.25, -0.2) is 4.79 Å². The fraction of sp³-hybridized carbons (Fsp3) is 0.278. The van der Waals surface area contributed by atoms with Gasteiger partial charge in [0.25, 0.3) is 5.91 Å². The summed E-state index contributed by atoms with van der Waals surface area (Å²) >= 11 is 0. The molecule has 1 aromatic carbocycles. The lowest BCUT2D eigenvalue weighted by Gasteiger charge is -2.11. The van der Waals surface area contributed by atoms with Crippen LogP contribution in [0.4, 0.5) is 0 Å². The summed E-state index contributed by atoms with van der Waals surface area (Å²) in [6.45, 7) is 1.06. The Kier molecular flexibility index (Phi) is 8.30. The van der Waals surface area contributed by atoms with E-state index < -0.39 is 30.4 Å². The number of benzene rings is 1. The van der Waals surface area contributed by atoms with Crippen molar-refractivity contribution in [2.24, 2.45) is 0 Å². The van der Waals surface area contributed by atoms with Gasteiger partial charge in [0.1, 0.15) is 11.8 Å². The van der Waals surface area contributed by atoms with Gasteiger partial charge < -0.3 is 20.1 Å². The number of ether oxygens (including phenoxy) is 2. The van der Waals surface area contributed by atoms with Crippen LogP contribution in [0.3, 0.4) is 0 Å². The fourth-order valence-corrected chi connectivity index (χ4v) is 1.67. The molecule has 7 nitrogen and oxygen atoms in total. The van der Waals surface area contributed by atoms with Crippen LogP contribution in [0.5, 0.6) is 5.75 Å². The Morgan fingerprint density at radius 2 is 1.96 bits per heavy atom. The molecule has 1 atom stereocenters. The summed E-state index contributed by atoms with van der Waals surface area (Å²) in [6, 6.07) is 6.21. The van der Waals surface area contributed by atoms with E-state index in [-0.39, 0.29) is 6.54 Å². The number of nitrogens with one attached hydrogen (secondary N) is 2. The molecule has 0 aromatic heterocycles. The van der Waals surface area contributed by atoms with Gasteiger partial charge in [-0.3, -0.25) is 9.59 Å². The molecule has 0 saturated heterocycles. The Bertz CT molecular complexity index is 674. The summed E-state index contributed by atoms with van der Waals surface area (Å²) in [5.74, 6) is 1.25. The molecule has 2 amide bonds. The summed E-state index contributed by atoms with van der Waals surface area (Å²) in [6.07, 6.45) is 7.88. The van der Waals surface area contributed by atoms with E-state index in [0.29, 0.717) is 5.75 Å². The highest BCUT2D eigenvalue weighted by Gasteiger charge is 2.17. The minimum atomic E-state index is -0.895. The lowest BCUT2D eigenvalue weighted by Crippen LogP contribution is -2.40. The zero-order valence-corrected chi connectivity index (χ0v) is 14.1. The van der Waals surface area contributed by atoms with Crippen molar-refractivity contribution in [2.45, 2.75) is 13.0 Å². The Morgan fingerprint density at radius 1 is 1.28 bits per heavy atom. The van der Waals surface area contributed by atoms with Crippen molar-refractivity contribution in [3.63, 3.8) is 0 Å². The van der Waals surface area contributed by atoms with Gasteiger partial charge in [0.15, 0.2) is 6.61 Å². The first-order valence-electron chi connectivity index (χ1n) is 7.45. The highest BCUT2D eigenvalue weighted by Crippen LogP contribution is 2.12. The summed E-state index contributed by atoms with van der Waals surface area (Å²) in [7, 11) is 1.57. The number of terminal acetylenes is 1. The average Bonchev–Trinajstić information content (AvgIpc) is 2.62. The van der Waals surface area contributed by atoms with Crippen molar-refractivity contribution in [2.75, 3.05) is 20.3 Å². The smallest absolute Gasteiger partial charge is 0.328 e. The number of methoxy groups -OCH3 is 1. The number of hydrogen-bond donors (Lipinski definition) is 2. The van der Waals surface area contributed by atoms with Crippen LogP contribution in [0.2, 0.25) is 0 Å². The molecule has 132 valence electrons. The maximum Gasteiger partial charge on any atom is 0.328 e. The molecule has 0 aliphatic carbocycles. The Labute approximate surface area is 146 Å². The summed E-state index contributed by atoms with van der Waals surface area (Å²) < 4.78 is 9.82. The average molecular weight is 344 g/mol. The van der Waals surface area contributed by atoms with Crippen LogP contribution in [-0.4, -0.2) is 44.1 Å². The normalized spacial score (nSPS) is 11.2. The topological polar surface area (TPSA) is 93.7 Å². The monoisotopic (exact) mass is 344 g/mol. The van der Waals surface area contributed by atoms with Crippen molar-refractivity contribution < 1.29 is 23.9 Å².